The predicted molar refractivity (Wildman–Crippen MR) is 128 cm³/mol. The van der Waals surface area contributed by atoms with Crippen molar-refractivity contribution in [2.75, 3.05) is 13.2 Å². The summed E-state index contributed by atoms with van der Waals surface area (Å²) >= 11 is 0. The zero-order valence-corrected chi connectivity index (χ0v) is 19.4. The summed E-state index contributed by atoms with van der Waals surface area (Å²) in [7, 11) is 0. The molecule has 8 nitrogen and oxygen atoms in total. The molecule has 35 heavy (non-hydrogen) atoms. The van der Waals surface area contributed by atoms with Gasteiger partial charge in [-0.05, 0) is 47.4 Å². The van der Waals surface area contributed by atoms with Crippen molar-refractivity contribution in [2.24, 2.45) is 5.92 Å². The maximum Gasteiger partial charge on any atom is 0.407 e. The minimum absolute atomic E-state index is 0.00545. The minimum Gasteiger partial charge on any atom is -0.479 e. The van der Waals surface area contributed by atoms with E-state index in [0.717, 1.165) is 30.4 Å². The molecule has 5 rings (SSSR count). The Kier molecular flexibility index (Phi) is 6.72. The van der Waals surface area contributed by atoms with Crippen LogP contribution in [0.5, 0.6) is 0 Å². The van der Waals surface area contributed by atoms with Gasteiger partial charge in [0.2, 0.25) is 5.91 Å². The predicted octanol–water partition coefficient (Wildman–Crippen LogP) is 3.44. The first kappa shape index (κ1) is 23.4. The molecule has 1 saturated heterocycles. The second-order valence-electron chi connectivity index (χ2n) is 9.56. The zero-order chi connectivity index (χ0) is 24.4. The number of benzene rings is 2. The number of carboxylic acids is 1. The molecule has 4 atom stereocenters. The highest BCUT2D eigenvalue weighted by Crippen LogP contribution is 2.44. The number of carbonyl (C=O) groups is 3. The lowest BCUT2D eigenvalue weighted by Gasteiger charge is -2.23. The van der Waals surface area contributed by atoms with Crippen LogP contribution in [0.3, 0.4) is 0 Å². The number of ether oxygens (including phenoxy) is 2. The molecular formula is C27H30N2O6. The van der Waals surface area contributed by atoms with Gasteiger partial charge in [0, 0.05) is 25.0 Å². The molecule has 0 radical (unpaired) electrons. The SMILES string of the molecule is O=C(CC1CCCC1NC(=O)OCC1c2ccccc2-c2ccccc21)NC1CCOC1C(=O)O. The van der Waals surface area contributed by atoms with E-state index in [-0.39, 0.29) is 36.8 Å². The monoisotopic (exact) mass is 478 g/mol. The normalized spacial score (nSPS) is 25.0. The molecule has 0 bridgehead atoms. The molecule has 1 saturated carbocycles. The van der Waals surface area contributed by atoms with Gasteiger partial charge in [-0.2, -0.15) is 0 Å². The smallest absolute Gasteiger partial charge is 0.407 e. The van der Waals surface area contributed by atoms with Crippen LogP contribution < -0.4 is 10.6 Å². The Morgan fingerprint density at radius 1 is 0.914 bits per heavy atom. The number of aliphatic carboxylic acids is 1. The first-order valence-corrected chi connectivity index (χ1v) is 12.3. The van der Waals surface area contributed by atoms with E-state index in [1.54, 1.807) is 0 Å². The molecule has 2 aliphatic carbocycles. The summed E-state index contributed by atoms with van der Waals surface area (Å²) in [5, 5.41) is 15.0. The number of rotatable bonds is 7. The molecule has 3 aliphatic rings. The van der Waals surface area contributed by atoms with Crippen LogP contribution in [0.15, 0.2) is 48.5 Å². The van der Waals surface area contributed by atoms with Crippen molar-refractivity contribution in [3.05, 3.63) is 59.7 Å². The van der Waals surface area contributed by atoms with Crippen LogP contribution in [-0.2, 0) is 19.1 Å². The van der Waals surface area contributed by atoms with Crippen LogP contribution in [0.4, 0.5) is 4.79 Å². The molecule has 184 valence electrons. The number of alkyl carbamates (subject to hydrolysis) is 1. The van der Waals surface area contributed by atoms with Crippen LogP contribution in [-0.4, -0.2) is 54.5 Å². The highest BCUT2D eigenvalue weighted by Gasteiger charge is 2.37. The summed E-state index contributed by atoms with van der Waals surface area (Å²) in [6, 6.07) is 15.7. The average Bonchev–Trinajstić information content (AvgIpc) is 3.56. The first-order chi connectivity index (χ1) is 17.0. The van der Waals surface area contributed by atoms with E-state index in [1.165, 1.54) is 11.1 Å². The largest absolute Gasteiger partial charge is 0.479 e. The Labute approximate surface area is 204 Å². The summed E-state index contributed by atoms with van der Waals surface area (Å²) in [6.07, 6.45) is 1.76. The molecule has 1 heterocycles. The fourth-order valence-electron chi connectivity index (χ4n) is 5.75. The molecule has 4 unspecified atom stereocenters. The van der Waals surface area contributed by atoms with Crippen LogP contribution in [0, 0.1) is 5.92 Å². The lowest BCUT2D eigenvalue weighted by Crippen LogP contribution is -2.45. The molecule has 8 heteroatoms. The van der Waals surface area contributed by atoms with E-state index < -0.39 is 24.2 Å². The Morgan fingerprint density at radius 2 is 1.60 bits per heavy atom. The number of carboxylic acid groups (broad SMARTS) is 1. The van der Waals surface area contributed by atoms with Crippen molar-refractivity contribution in [3.63, 3.8) is 0 Å². The highest BCUT2D eigenvalue weighted by molar-refractivity contribution is 5.80. The van der Waals surface area contributed by atoms with Crippen LogP contribution >= 0.6 is 0 Å². The molecule has 0 spiro atoms. The molecule has 2 fully saturated rings. The van der Waals surface area contributed by atoms with E-state index in [2.05, 4.69) is 34.9 Å². The fraction of sp³-hybridized carbons (Fsp3) is 0.444. The summed E-state index contributed by atoms with van der Waals surface area (Å²) in [6.45, 7) is 0.563. The highest BCUT2D eigenvalue weighted by atomic mass is 16.5. The van der Waals surface area contributed by atoms with Gasteiger partial charge in [0.15, 0.2) is 6.10 Å². The Morgan fingerprint density at radius 3 is 2.29 bits per heavy atom. The molecule has 3 N–H and O–H groups in total. The van der Waals surface area contributed by atoms with Gasteiger partial charge < -0.3 is 25.2 Å². The minimum atomic E-state index is -1.07. The van der Waals surface area contributed by atoms with Gasteiger partial charge in [0.05, 0.1) is 6.04 Å². The summed E-state index contributed by atoms with van der Waals surface area (Å²) in [5.41, 5.74) is 4.67. The molecule has 0 aromatic heterocycles. The van der Waals surface area contributed by atoms with Crippen molar-refractivity contribution in [1.82, 2.24) is 10.6 Å². The molecule has 2 aromatic carbocycles. The maximum absolute atomic E-state index is 12.7. The van der Waals surface area contributed by atoms with Gasteiger partial charge in [-0.3, -0.25) is 4.79 Å². The van der Waals surface area contributed by atoms with E-state index >= 15 is 0 Å². The van der Waals surface area contributed by atoms with Gasteiger partial charge in [-0.15, -0.1) is 0 Å². The quantitative estimate of drug-likeness (QED) is 0.562. The van der Waals surface area contributed by atoms with Crippen molar-refractivity contribution in [3.8, 4) is 11.1 Å². The average molecular weight is 479 g/mol. The lowest BCUT2D eigenvalue weighted by atomic mass is 9.98. The van der Waals surface area contributed by atoms with E-state index in [1.807, 2.05) is 24.3 Å². The second-order valence-corrected chi connectivity index (χ2v) is 9.56. The Balaban J connectivity index is 1.15. The molecule has 2 aromatic rings. The van der Waals surface area contributed by atoms with Crippen LogP contribution in [0.1, 0.15) is 49.1 Å². The number of hydrogen-bond acceptors (Lipinski definition) is 5. The van der Waals surface area contributed by atoms with Gasteiger partial charge in [0.25, 0.3) is 0 Å². The first-order valence-electron chi connectivity index (χ1n) is 12.3. The van der Waals surface area contributed by atoms with Crippen molar-refractivity contribution in [2.45, 2.75) is 56.2 Å². The second kappa shape index (κ2) is 10.1. The topological polar surface area (TPSA) is 114 Å². The van der Waals surface area contributed by atoms with Crippen molar-refractivity contribution in [1.29, 1.82) is 0 Å². The van der Waals surface area contributed by atoms with E-state index in [4.69, 9.17) is 9.47 Å². The summed E-state index contributed by atoms with van der Waals surface area (Å²) in [5.74, 6) is -1.29. The zero-order valence-electron chi connectivity index (χ0n) is 19.4. The van der Waals surface area contributed by atoms with Crippen molar-refractivity contribution < 1.29 is 29.0 Å². The number of amides is 2. The van der Waals surface area contributed by atoms with E-state index in [0.29, 0.717) is 13.0 Å². The number of carbonyl (C=O) groups excluding carboxylic acids is 2. The summed E-state index contributed by atoms with van der Waals surface area (Å²) in [4.78, 5) is 36.5. The summed E-state index contributed by atoms with van der Waals surface area (Å²) < 4.78 is 10.9. The van der Waals surface area contributed by atoms with Crippen molar-refractivity contribution >= 4 is 18.0 Å². The molecule has 2 amide bonds. The molecular weight excluding hydrogens is 448 g/mol. The third-order valence-electron chi connectivity index (χ3n) is 7.44. The number of hydrogen-bond donors (Lipinski definition) is 3. The van der Waals surface area contributed by atoms with Gasteiger partial charge in [0.1, 0.15) is 6.61 Å². The Hall–Kier alpha value is -3.39. The lowest BCUT2D eigenvalue weighted by molar-refractivity contribution is -0.148. The number of nitrogens with one attached hydrogen (secondary N) is 2. The van der Waals surface area contributed by atoms with Crippen LogP contribution in [0.25, 0.3) is 11.1 Å². The standard InChI is InChI=1S/C27H30N2O6/c30-24(28-23-12-13-34-25(23)26(31)32)14-16-6-5-11-22(16)29-27(33)35-15-21-19-9-3-1-7-17(19)18-8-2-4-10-20(18)21/h1-4,7-10,16,21-23,25H,5-6,11-15H2,(H,28,30)(H,29,33)(H,31,32). The van der Waals surface area contributed by atoms with Gasteiger partial charge in [-0.25, -0.2) is 9.59 Å². The van der Waals surface area contributed by atoms with E-state index in [9.17, 15) is 19.5 Å². The Bertz CT molecular complexity index is 1070. The van der Waals surface area contributed by atoms with Gasteiger partial charge in [-0.1, -0.05) is 55.0 Å². The fourth-order valence-corrected chi connectivity index (χ4v) is 5.75. The third-order valence-corrected chi connectivity index (χ3v) is 7.44. The number of fused-ring (bicyclic) bond motifs is 3. The molecule has 1 aliphatic heterocycles. The van der Waals surface area contributed by atoms with Gasteiger partial charge >= 0.3 is 12.1 Å². The third kappa shape index (κ3) is 4.89. The maximum atomic E-state index is 12.7. The van der Waals surface area contributed by atoms with Crippen LogP contribution in [0.2, 0.25) is 0 Å².